The van der Waals surface area contributed by atoms with Gasteiger partial charge in [-0.1, -0.05) is 19.8 Å². The van der Waals surface area contributed by atoms with Crippen molar-refractivity contribution < 1.29 is 9.53 Å². The summed E-state index contributed by atoms with van der Waals surface area (Å²) in [6.45, 7) is 3.13. The molecule has 6 nitrogen and oxygen atoms in total. The average Bonchev–Trinajstić information content (AvgIpc) is 3.03. The first kappa shape index (κ1) is 16.2. The van der Waals surface area contributed by atoms with Gasteiger partial charge in [0.05, 0.1) is 17.8 Å². The number of aromatic nitrogens is 2. The van der Waals surface area contributed by atoms with Crippen LogP contribution in [0.5, 0.6) is 0 Å². The Balaban J connectivity index is 1.57. The van der Waals surface area contributed by atoms with Crippen molar-refractivity contribution in [3.8, 4) is 0 Å². The first-order valence-electron chi connectivity index (χ1n) is 8.60. The maximum Gasteiger partial charge on any atom is 0.264 e. The lowest BCUT2D eigenvalue weighted by atomic mass is 9.89. The highest BCUT2D eigenvalue weighted by Crippen LogP contribution is 2.31. The number of H-pyrrole nitrogens is 1. The molecule has 1 amide bonds. The Labute approximate surface area is 136 Å². The third-order valence-electron chi connectivity index (χ3n) is 4.95. The molecule has 1 aromatic heterocycles. The van der Waals surface area contributed by atoms with E-state index >= 15 is 0 Å². The Morgan fingerprint density at radius 1 is 1.35 bits per heavy atom. The topological polar surface area (TPSA) is 75.3 Å². The summed E-state index contributed by atoms with van der Waals surface area (Å²) in [5.74, 6) is 0.715. The first-order valence-corrected chi connectivity index (χ1v) is 8.60. The molecule has 0 radical (unpaired) electrons. The van der Waals surface area contributed by atoms with Gasteiger partial charge in [-0.2, -0.15) is 5.10 Å². The lowest BCUT2D eigenvalue weighted by molar-refractivity contribution is -0.140. The third-order valence-corrected chi connectivity index (χ3v) is 4.95. The van der Waals surface area contributed by atoms with Crippen molar-refractivity contribution in [3.05, 3.63) is 28.2 Å². The lowest BCUT2D eigenvalue weighted by Crippen LogP contribution is -2.36. The highest BCUT2D eigenvalue weighted by molar-refractivity contribution is 5.78. The van der Waals surface area contributed by atoms with Crippen LogP contribution in [0.25, 0.3) is 0 Å². The fourth-order valence-electron chi connectivity index (χ4n) is 3.72. The molecule has 0 spiro atoms. The van der Waals surface area contributed by atoms with Crippen LogP contribution >= 0.6 is 0 Å². The molecule has 2 fully saturated rings. The van der Waals surface area contributed by atoms with Crippen LogP contribution in [0.15, 0.2) is 16.9 Å². The Bertz CT molecular complexity index is 580. The monoisotopic (exact) mass is 319 g/mol. The zero-order valence-corrected chi connectivity index (χ0v) is 13.7. The van der Waals surface area contributed by atoms with Gasteiger partial charge in [0, 0.05) is 12.6 Å². The van der Waals surface area contributed by atoms with E-state index < -0.39 is 0 Å². The number of likely N-dealkylation sites (tertiary alicyclic amines) is 1. The molecule has 0 aromatic carbocycles. The van der Waals surface area contributed by atoms with Crippen LogP contribution in [0.1, 0.15) is 57.2 Å². The number of carbonyl (C=O) groups is 1. The van der Waals surface area contributed by atoms with Crippen LogP contribution in [-0.2, 0) is 9.53 Å². The predicted molar refractivity (Wildman–Crippen MR) is 85.9 cm³/mol. The molecule has 1 aliphatic heterocycles. The second-order valence-electron chi connectivity index (χ2n) is 6.80. The van der Waals surface area contributed by atoms with Gasteiger partial charge in [0.2, 0.25) is 5.91 Å². The standard InChI is InChI=1S/C17H25N3O3/c1-12-4-2-5-13(10-12)23-11-17(22)20-9-3-6-15(20)14-7-8-16(21)19-18-14/h7-8,12-13,15H,2-6,9-11H2,1H3,(H,19,21). The van der Waals surface area contributed by atoms with Crippen molar-refractivity contribution in [2.45, 2.75) is 57.6 Å². The summed E-state index contributed by atoms with van der Waals surface area (Å²) in [7, 11) is 0. The summed E-state index contributed by atoms with van der Waals surface area (Å²) in [6, 6.07) is 3.12. The quantitative estimate of drug-likeness (QED) is 0.921. The van der Waals surface area contributed by atoms with E-state index in [9.17, 15) is 9.59 Å². The van der Waals surface area contributed by atoms with Crippen molar-refractivity contribution in [2.75, 3.05) is 13.2 Å². The van der Waals surface area contributed by atoms with Gasteiger partial charge < -0.3 is 9.64 Å². The minimum absolute atomic E-state index is 0.0266. The molecule has 126 valence electrons. The molecule has 1 N–H and O–H groups in total. The van der Waals surface area contributed by atoms with E-state index in [1.807, 2.05) is 4.90 Å². The molecular weight excluding hydrogens is 294 g/mol. The van der Waals surface area contributed by atoms with Gasteiger partial charge >= 0.3 is 0 Å². The fourth-order valence-corrected chi connectivity index (χ4v) is 3.72. The van der Waals surface area contributed by atoms with Crippen molar-refractivity contribution >= 4 is 5.91 Å². The first-order chi connectivity index (χ1) is 11.1. The number of amides is 1. The van der Waals surface area contributed by atoms with E-state index in [1.54, 1.807) is 6.07 Å². The number of hydrogen-bond donors (Lipinski definition) is 1. The lowest BCUT2D eigenvalue weighted by Gasteiger charge is -2.28. The maximum atomic E-state index is 12.5. The number of nitrogens with one attached hydrogen (secondary N) is 1. The Morgan fingerprint density at radius 3 is 2.96 bits per heavy atom. The summed E-state index contributed by atoms with van der Waals surface area (Å²) in [6.07, 6.45) is 6.62. The third kappa shape index (κ3) is 3.99. The van der Waals surface area contributed by atoms with Gasteiger partial charge in [-0.05, 0) is 37.7 Å². The van der Waals surface area contributed by atoms with Gasteiger partial charge in [-0.25, -0.2) is 5.10 Å². The van der Waals surface area contributed by atoms with E-state index in [1.165, 1.54) is 18.9 Å². The van der Waals surface area contributed by atoms with Crippen LogP contribution < -0.4 is 5.56 Å². The normalized spacial score (nSPS) is 28.0. The summed E-state index contributed by atoms with van der Waals surface area (Å²) in [5.41, 5.74) is 0.529. The van der Waals surface area contributed by atoms with Crippen molar-refractivity contribution in [1.29, 1.82) is 0 Å². The second kappa shape index (κ2) is 7.25. The second-order valence-corrected chi connectivity index (χ2v) is 6.80. The highest BCUT2D eigenvalue weighted by Gasteiger charge is 2.31. The molecule has 2 heterocycles. The summed E-state index contributed by atoms with van der Waals surface area (Å²) in [4.78, 5) is 25.5. The van der Waals surface area contributed by atoms with Crippen LogP contribution in [0.2, 0.25) is 0 Å². The molecule has 3 unspecified atom stereocenters. The molecule has 1 saturated heterocycles. The SMILES string of the molecule is CC1CCCC(OCC(=O)N2CCCC2c2ccc(=O)[nH]n2)C1. The number of nitrogens with zero attached hydrogens (tertiary/aromatic N) is 2. The van der Waals surface area contributed by atoms with Crippen LogP contribution in [0, 0.1) is 5.92 Å². The average molecular weight is 319 g/mol. The van der Waals surface area contributed by atoms with Gasteiger partial charge in [0.15, 0.2) is 0 Å². The van der Waals surface area contributed by atoms with Crippen molar-refractivity contribution in [2.24, 2.45) is 5.92 Å². The largest absolute Gasteiger partial charge is 0.368 e. The number of hydrogen-bond acceptors (Lipinski definition) is 4. The minimum Gasteiger partial charge on any atom is -0.368 e. The van der Waals surface area contributed by atoms with E-state index in [4.69, 9.17) is 4.74 Å². The van der Waals surface area contributed by atoms with E-state index in [-0.39, 0.29) is 30.2 Å². The van der Waals surface area contributed by atoms with Gasteiger partial charge in [-0.15, -0.1) is 0 Å². The van der Waals surface area contributed by atoms with Crippen LogP contribution in [0.4, 0.5) is 0 Å². The zero-order valence-electron chi connectivity index (χ0n) is 13.7. The number of rotatable bonds is 4. The summed E-state index contributed by atoms with van der Waals surface area (Å²) in [5, 5.41) is 6.53. The molecule has 1 saturated carbocycles. The maximum absolute atomic E-state index is 12.5. The van der Waals surface area contributed by atoms with Gasteiger partial charge in [-0.3, -0.25) is 9.59 Å². The van der Waals surface area contributed by atoms with Crippen LogP contribution in [-0.4, -0.2) is 40.3 Å². The van der Waals surface area contributed by atoms with Crippen molar-refractivity contribution in [3.63, 3.8) is 0 Å². The summed E-state index contributed by atoms with van der Waals surface area (Å²) >= 11 is 0. The predicted octanol–water partition coefficient (Wildman–Crippen LogP) is 2.03. The smallest absolute Gasteiger partial charge is 0.264 e. The molecule has 1 aromatic rings. The Kier molecular flexibility index (Phi) is 5.10. The molecule has 3 rings (SSSR count). The molecule has 1 aliphatic carbocycles. The van der Waals surface area contributed by atoms with Gasteiger partial charge in [0.25, 0.3) is 5.56 Å². The number of ether oxygens (including phenoxy) is 1. The number of carbonyl (C=O) groups excluding carboxylic acids is 1. The van der Waals surface area contributed by atoms with E-state index in [2.05, 4.69) is 17.1 Å². The van der Waals surface area contributed by atoms with Crippen LogP contribution in [0.3, 0.4) is 0 Å². The van der Waals surface area contributed by atoms with E-state index in [0.717, 1.165) is 37.9 Å². The van der Waals surface area contributed by atoms with Gasteiger partial charge in [0.1, 0.15) is 6.61 Å². The molecular formula is C17H25N3O3. The Hall–Kier alpha value is -1.69. The van der Waals surface area contributed by atoms with E-state index in [0.29, 0.717) is 5.92 Å². The molecule has 2 aliphatic rings. The summed E-state index contributed by atoms with van der Waals surface area (Å²) < 4.78 is 5.86. The zero-order chi connectivity index (χ0) is 16.2. The van der Waals surface area contributed by atoms with Crippen molar-refractivity contribution in [1.82, 2.24) is 15.1 Å². The molecule has 6 heteroatoms. The molecule has 0 bridgehead atoms. The fraction of sp³-hybridized carbons (Fsp3) is 0.706. The molecule has 23 heavy (non-hydrogen) atoms. The number of aromatic amines is 1. The molecule has 3 atom stereocenters. The minimum atomic E-state index is -0.223. The Morgan fingerprint density at radius 2 is 2.22 bits per heavy atom. The highest BCUT2D eigenvalue weighted by atomic mass is 16.5.